The second-order valence-corrected chi connectivity index (χ2v) is 3.77. The van der Waals surface area contributed by atoms with Crippen molar-refractivity contribution in [2.45, 2.75) is 32.4 Å². The summed E-state index contributed by atoms with van der Waals surface area (Å²) >= 11 is 0. The fraction of sp³-hybridized carbons (Fsp3) is 0.545. The van der Waals surface area contributed by atoms with Gasteiger partial charge in [-0.25, -0.2) is 0 Å². The Labute approximate surface area is 90.8 Å². The minimum atomic E-state index is 0.113. The van der Waals surface area contributed by atoms with Crippen LogP contribution in [0.2, 0.25) is 0 Å². The predicted octanol–water partition coefficient (Wildman–Crippen LogP) is 0.881. The number of nitrogens with one attached hydrogen (secondary N) is 1. The van der Waals surface area contributed by atoms with Gasteiger partial charge >= 0.3 is 0 Å². The van der Waals surface area contributed by atoms with Crippen LogP contribution in [-0.2, 0) is 11.2 Å². The summed E-state index contributed by atoms with van der Waals surface area (Å²) in [6.45, 7) is 4.62. The number of nitrogens with zero attached hydrogens (tertiary/aromatic N) is 1. The lowest BCUT2D eigenvalue weighted by Gasteiger charge is -2.17. The SMILES string of the molecule is CC(C)OCC(Cc1ccccn1)NN. The number of nitrogens with two attached hydrogens (primary N) is 1. The molecule has 0 aliphatic rings. The van der Waals surface area contributed by atoms with Crippen molar-refractivity contribution < 1.29 is 4.74 Å². The van der Waals surface area contributed by atoms with E-state index in [4.69, 9.17) is 10.6 Å². The number of hydrogen-bond acceptors (Lipinski definition) is 4. The highest BCUT2D eigenvalue weighted by atomic mass is 16.5. The van der Waals surface area contributed by atoms with E-state index in [1.165, 1.54) is 0 Å². The lowest BCUT2D eigenvalue weighted by Crippen LogP contribution is -2.41. The van der Waals surface area contributed by atoms with Crippen LogP contribution in [0.5, 0.6) is 0 Å². The third-order valence-electron chi connectivity index (χ3n) is 2.05. The number of aromatic nitrogens is 1. The maximum atomic E-state index is 5.50. The third-order valence-corrected chi connectivity index (χ3v) is 2.05. The van der Waals surface area contributed by atoms with E-state index >= 15 is 0 Å². The van der Waals surface area contributed by atoms with E-state index in [0.29, 0.717) is 6.61 Å². The lowest BCUT2D eigenvalue weighted by atomic mass is 10.1. The van der Waals surface area contributed by atoms with Gasteiger partial charge in [-0.15, -0.1) is 0 Å². The molecular formula is C11H19N3O. The Balaban J connectivity index is 2.40. The average molecular weight is 209 g/mol. The molecule has 1 atom stereocenters. The fourth-order valence-corrected chi connectivity index (χ4v) is 1.25. The van der Waals surface area contributed by atoms with Gasteiger partial charge in [0.2, 0.25) is 0 Å². The van der Waals surface area contributed by atoms with Gasteiger partial charge in [-0.1, -0.05) is 6.07 Å². The van der Waals surface area contributed by atoms with Crippen molar-refractivity contribution in [1.29, 1.82) is 0 Å². The molecule has 84 valence electrons. The number of hydrazine groups is 1. The summed E-state index contributed by atoms with van der Waals surface area (Å²) in [6, 6.07) is 5.97. The lowest BCUT2D eigenvalue weighted by molar-refractivity contribution is 0.0611. The summed E-state index contributed by atoms with van der Waals surface area (Å²) in [6.07, 6.45) is 2.79. The summed E-state index contributed by atoms with van der Waals surface area (Å²) in [4.78, 5) is 4.24. The summed E-state index contributed by atoms with van der Waals surface area (Å²) in [5.41, 5.74) is 3.76. The molecule has 1 aromatic heterocycles. The highest BCUT2D eigenvalue weighted by molar-refractivity contribution is 5.05. The molecule has 0 aliphatic carbocycles. The third kappa shape index (κ3) is 4.88. The number of pyridine rings is 1. The minimum absolute atomic E-state index is 0.113. The molecule has 1 unspecified atom stereocenters. The smallest absolute Gasteiger partial charge is 0.0640 e. The molecule has 15 heavy (non-hydrogen) atoms. The Hall–Kier alpha value is -0.970. The Morgan fingerprint density at radius 1 is 1.47 bits per heavy atom. The molecule has 0 radical (unpaired) electrons. The van der Waals surface area contributed by atoms with E-state index in [9.17, 15) is 0 Å². The summed E-state index contributed by atoms with van der Waals surface area (Å²) < 4.78 is 5.50. The van der Waals surface area contributed by atoms with Crippen LogP contribution in [-0.4, -0.2) is 23.7 Å². The molecule has 4 heteroatoms. The Bertz CT molecular complexity index is 264. The second-order valence-electron chi connectivity index (χ2n) is 3.77. The van der Waals surface area contributed by atoms with Crippen LogP contribution in [0.15, 0.2) is 24.4 Å². The number of ether oxygens (including phenoxy) is 1. The summed E-state index contributed by atoms with van der Waals surface area (Å²) in [7, 11) is 0. The highest BCUT2D eigenvalue weighted by Crippen LogP contribution is 2.00. The van der Waals surface area contributed by atoms with E-state index < -0.39 is 0 Å². The molecule has 0 aliphatic heterocycles. The Morgan fingerprint density at radius 2 is 2.27 bits per heavy atom. The summed E-state index contributed by atoms with van der Waals surface area (Å²) in [5, 5.41) is 0. The molecular weight excluding hydrogens is 190 g/mol. The van der Waals surface area contributed by atoms with E-state index in [-0.39, 0.29) is 12.1 Å². The first-order chi connectivity index (χ1) is 7.22. The van der Waals surface area contributed by atoms with Crippen LogP contribution in [0.1, 0.15) is 19.5 Å². The maximum Gasteiger partial charge on any atom is 0.0640 e. The maximum absolute atomic E-state index is 5.50. The van der Waals surface area contributed by atoms with Crippen molar-refractivity contribution in [3.63, 3.8) is 0 Å². The van der Waals surface area contributed by atoms with Crippen LogP contribution in [0.3, 0.4) is 0 Å². The monoisotopic (exact) mass is 209 g/mol. The second kappa shape index (κ2) is 6.50. The first kappa shape index (κ1) is 12.1. The van der Waals surface area contributed by atoms with Crippen LogP contribution in [0.4, 0.5) is 0 Å². The van der Waals surface area contributed by atoms with Gasteiger partial charge in [0, 0.05) is 24.4 Å². The topological polar surface area (TPSA) is 60.2 Å². The van der Waals surface area contributed by atoms with Crippen molar-refractivity contribution >= 4 is 0 Å². The van der Waals surface area contributed by atoms with Gasteiger partial charge in [-0.2, -0.15) is 0 Å². The first-order valence-electron chi connectivity index (χ1n) is 5.20. The molecule has 0 bridgehead atoms. The number of hydrogen-bond donors (Lipinski definition) is 2. The molecule has 0 saturated heterocycles. The fourth-order valence-electron chi connectivity index (χ4n) is 1.25. The van der Waals surface area contributed by atoms with Gasteiger partial charge in [0.15, 0.2) is 0 Å². The molecule has 0 aromatic carbocycles. The van der Waals surface area contributed by atoms with Crippen LogP contribution < -0.4 is 11.3 Å². The Kier molecular flexibility index (Phi) is 5.25. The quantitative estimate of drug-likeness (QED) is 0.539. The van der Waals surface area contributed by atoms with Gasteiger partial charge in [-0.3, -0.25) is 16.3 Å². The van der Waals surface area contributed by atoms with Crippen molar-refractivity contribution in [2.24, 2.45) is 5.84 Å². The minimum Gasteiger partial charge on any atom is -0.377 e. The molecule has 3 N–H and O–H groups in total. The normalized spacial score (nSPS) is 13.1. The van der Waals surface area contributed by atoms with Crippen molar-refractivity contribution in [3.05, 3.63) is 30.1 Å². The molecule has 1 aromatic rings. The van der Waals surface area contributed by atoms with Gasteiger partial charge < -0.3 is 4.74 Å². The van der Waals surface area contributed by atoms with E-state index in [1.807, 2.05) is 32.0 Å². The molecule has 1 rings (SSSR count). The standard InChI is InChI=1S/C11H19N3O/c1-9(2)15-8-11(14-12)7-10-5-3-4-6-13-10/h3-6,9,11,14H,7-8,12H2,1-2H3. The van der Waals surface area contributed by atoms with Gasteiger partial charge in [0.25, 0.3) is 0 Å². The van der Waals surface area contributed by atoms with Crippen molar-refractivity contribution in [1.82, 2.24) is 10.4 Å². The largest absolute Gasteiger partial charge is 0.377 e. The van der Waals surface area contributed by atoms with Gasteiger partial charge in [-0.05, 0) is 26.0 Å². The molecule has 0 saturated carbocycles. The van der Waals surface area contributed by atoms with Crippen molar-refractivity contribution in [2.75, 3.05) is 6.61 Å². The van der Waals surface area contributed by atoms with Gasteiger partial charge in [0.05, 0.1) is 12.7 Å². The molecule has 1 heterocycles. The molecule has 0 spiro atoms. The van der Waals surface area contributed by atoms with Crippen LogP contribution in [0.25, 0.3) is 0 Å². The van der Waals surface area contributed by atoms with Crippen LogP contribution >= 0.6 is 0 Å². The van der Waals surface area contributed by atoms with Crippen molar-refractivity contribution in [3.8, 4) is 0 Å². The zero-order valence-corrected chi connectivity index (χ0v) is 9.31. The first-order valence-corrected chi connectivity index (χ1v) is 5.20. The van der Waals surface area contributed by atoms with E-state index in [2.05, 4.69) is 10.4 Å². The highest BCUT2D eigenvalue weighted by Gasteiger charge is 2.09. The Morgan fingerprint density at radius 3 is 2.80 bits per heavy atom. The molecule has 4 nitrogen and oxygen atoms in total. The van der Waals surface area contributed by atoms with E-state index in [1.54, 1.807) is 6.20 Å². The molecule has 0 fully saturated rings. The summed E-state index contributed by atoms with van der Waals surface area (Å²) in [5.74, 6) is 5.45. The predicted molar refractivity (Wildman–Crippen MR) is 60.1 cm³/mol. The zero-order chi connectivity index (χ0) is 11.1. The molecule has 0 amide bonds. The van der Waals surface area contributed by atoms with Crippen LogP contribution in [0, 0.1) is 0 Å². The van der Waals surface area contributed by atoms with E-state index in [0.717, 1.165) is 12.1 Å². The number of rotatable bonds is 6. The zero-order valence-electron chi connectivity index (χ0n) is 9.31. The van der Waals surface area contributed by atoms with Gasteiger partial charge in [0.1, 0.15) is 0 Å². The average Bonchev–Trinajstić information content (AvgIpc) is 2.25.